The van der Waals surface area contributed by atoms with E-state index < -0.39 is 11.8 Å². The number of carbonyl (C=O) groups is 1. The Hall–Kier alpha value is -0.610. The fourth-order valence-corrected chi connectivity index (χ4v) is 1.81. The van der Waals surface area contributed by atoms with E-state index in [9.17, 15) is 9.18 Å². The van der Waals surface area contributed by atoms with Crippen LogP contribution in [0.25, 0.3) is 0 Å². The molecule has 0 radical (unpaired) electrons. The molecule has 0 amide bonds. The molecule has 0 heterocycles. The highest BCUT2D eigenvalue weighted by molar-refractivity contribution is 9.08. The van der Waals surface area contributed by atoms with Crippen molar-refractivity contribution in [3.8, 4) is 0 Å². The summed E-state index contributed by atoms with van der Waals surface area (Å²) in [5.74, 6) is -1.12. The Balaban J connectivity index is 3.32. The quantitative estimate of drug-likeness (QED) is 0.615. The molecule has 0 bridgehead atoms. The van der Waals surface area contributed by atoms with E-state index in [1.54, 1.807) is 0 Å². The van der Waals surface area contributed by atoms with Crippen LogP contribution in [0, 0.1) is 5.82 Å². The number of hydrogen-bond donors (Lipinski definition) is 0. The molecule has 0 saturated carbocycles. The fourth-order valence-electron chi connectivity index (χ4n) is 1.03. The molecule has 0 N–H and O–H groups in total. The van der Waals surface area contributed by atoms with Gasteiger partial charge in [-0.15, -0.1) is 0 Å². The van der Waals surface area contributed by atoms with Crippen molar-refractivity contribution in [2.24, 2.45) is 0 Å². The van der Waals surface area contributed by atoms with Crippen molar-refractivity contribution in [3.05, 3.63) is 34.1 Å². The van der Waals surface area contributed by atoms with E-state index >= 15 is 0 Å². The number of hydrogen-bond acceptors (Lipinski definition) is 2. The molecule has 1 aromatic carbocycles. The third kappa shape index (κ3) is 2.25. The van der Waals surface area contributed by atoms with Crippen molar-refractivity contribution in [2.45, 2.75) is 5.33 Å². The predicted octanol–water partition coefficient (Wildman–Crippen LogP) is 3.16. The van der Waals surface area contributed by atoms with Crippen molar-refractivity contribution in [2.75, 3.05) is 7.11 Å². The number of esters is 1. The van der Waals surface area contributed by atoms with E-state index in [1.165, 1.54) is 13.2 Å². The van der Waals surface area contributed by atoms with Gasteiger partial charge < -0.3 is 4.74 Å². The van der Waals surface area contributed by atoms with E-state index in [0.29, 0.717) is 0 Å². The summed E-state index contributed by atoms with van der Waals surface area (Å²) in [5.41, 5.74) is 0.399. The molecular formula is C9H7BrClFO2. The maximum atomic E-state index is 13.3. The third-order valence-corrected chi connectivity index (χ3v) is 2.48. The van der Waals surface area contributed by atoms with Crippen molar-refractivity contribution in [1.82, 2.24) is 0 Å². The average molecular weight is 282 g/mol. The SMILES string of the molecule is COC(=O)c1cc(Cl)cc(F)c1CBr. The molecule has 2 nitrogen and oxygen atoms in total. The number of benzene rings is 1. The molecule has 76 valence electrons. The molecule has 0 saturated heterocycles. The third-order valence-electron chi connectivity index (χ3n) is 1.70. The van der Waals surface area contributed by atoms with E-state index in [4.69, 9.17) is 11.6 Å². The Morgan fingerprint density at radius 1 is 1.64 bits per heavy atom. The lowest BCUT2D eigenvalue weighted by Gasteiger charge is -2.06. The fraction of sp³-hybridized carbons (Fsp3) is 0.222. The van der Waals surface area contributed by atoms with Gasteiger partial charge in [-0.25, -0.2) is 9.18 Å². The predicted molar refractivity (Wildman–Crippen MR) is 55.4 cm³/mol. The zero-order valence-corrected chi connectivity index (χ0v) is 9.65. The minimum Gasteiger partial charge on any atom is -0.465 e. The highest BCUT2D eigenvalue weighted by Gasteiger charge is 2.16. The minimum atomic E-state index is -0.596. The Morgan fingerprint density at radius 2 is 2.29 bits per heavy atom. The highest BCUT2D eigenvalue weighted by Crippen LogP contribution is 2.22. The van der Waals surface area contributed by atoms with Gasteiger partial charge in [0, 0.05) is 15.9 Å². The molecule has 0 aliphatic carbocycles. The Kier molecular flexibility index (Phi) is 3.89. The van der Waals surface area contributed by atoms with Crippen molar-refractivity contribution < 1.29 is 13.9 Å². The van der Waals surface area contributed by atoms with Gasteiger partial charge in [-0.2, -0.15) is 0 Å². The van der Waals surface area contributed by atoms with Crippen LogP contribution in [0.15, 0.2) is 12.1 Å². The van der Waals surface area contributed by atoms with E-state index in [-0.39, 0.29) is 21.5 Å². The summed E-state index contributed by atoms with van der Waals surface area (Å²) in [5, 5.41) is 0.410. The first-order valence-electron chi connectivity index (χ1n) is 3.72. The summed E-state index contributed by atoms with van der Waals surface area (Å²) >= 11 is 8.71. The van der Waals surface area contributed by atoms with Gasteiger partial charge in [0.15, 0.2) is 0 Å². The largest absolute Gasteiger partial charge is 0.465 e. The number of carbonyl (C=O) groups excluding carboxylic acids is 1. The van der Waals surface area contributed by atoms with Crippen molar-refractivity contribution in [3.63, 3.8) is 0 Å². The second-order valence-electron chi connectivity index (χ2n) is 2.54. The summed E-state index contributed by atoms with van der Waals surface area (Å²) < 4.78 is 17.8. The zero-order chi connectivity index (χ0) is 10.7. The number of alkyl halides is 1. The van der Waals surface area contributed by atoms with Gasteiger partial charge >= 0.3 is 5.97 Å². The van der Waals surface area contributed by atoms with Crippen LogP contribution < -0.4 is 0 Å². The molecule has 0 aliphatic heterocycles. The Morgan fingerprint density at radius 3 is 2.79 bits per heavy atom. The second-order valence-corrected chi connectivity index (χ2v) is 3.54. The van der Waals surface area contributed by atoms with Crippen LogP contribution >= 0.6 is 27.5 Å². The smallest absolute Gasteiger partial charge is 0.338 e. The normalized spacial score (nSPS) is 10.0. The molecule has 1 rings (SSSR count). The standard InChI is InChI=1S/C9H7BrClFO2/c1-14-9(13)6-2-5(11)3-8(12)7(6)4-10/h2-3H,4H2,1H3. The summed E-state index contributed by atoms with van der Waals surface area (Å²) in [7, 11) is 1.24. The van der Waals surface area contributed by atoms with Crippen molar-refractivity contribution in [1.29, 1.82) is 0 Å². The first kappa shape index (κ1) is 11.5. The topological polar surface area (TPSA) is 26.3 Å². The number of ether oxygens (including phenoxy) is 1. The van der Waals surface area contributed by atoms with E-state index in [2.05, 4.69) is 20.7 Å². The highest BCUT2D eigenvalue weighted by atomic mass is 79.9. The van der Waals surface area contributed by atoms with Crippen LogP contribution in [0.2, 0.25) is 5.02 Å². The number of methoxy groups -OCH3 is 1. The lowest BCUT2D eigenvalue weighted by Crippen LogP contribution is -2.06. The first-order valence-corrected chi connectivity index (χ1v) is 5.22. The molecular weight excluding hydrogens is 274 g/mol. The second kappa shape index (κ2) is 4.75. The molecule has 0 aliphatic rings. The lowest BCUT2D eigenvalue weighted by molar-refractivity contribution is 0.0599. The van der Waals surface area contributed by atoms with Gasteiger partial charge in [0.2, 0.25) is 0 Å². The van der Waals surface area contributed by atoms with Crippen LogP contribution in [0.4, 0.5) is 4.39 Å². The molecule has 14 heavy (non-hydrogen) atoms. The average Bonchev–Trinajstić information content (AvgIpc) is 2.15. The monoisotopic (exact) mass is 280 g/mol. The molecule has 1 aromatic rings. The molecule has 0 aromatic heterocycles. The summed E-state index contributed by atoms with van der Waals surface area (Å²) in [6.07, 6.45) is 0. The van der Waals surface area contributed by atoms with Gasteiger partial charge in [-0.1, -0.05) is 27.5 Å². The van der Waals surface area contributed by atoms with Gasteiger partial charge in [-0.05, 0) is 12.1 Å². The van der Waals surface area contributed by atoms with Gasteiger partial charge in [-0.3, -0.25) is 0 Å². The molecule has 0 atom stereocenters. The molecule has 0 spiro atoms. The molecule has 5 heteroatoms. The van der Waals surface area contributed by atoms with Gasteiger partial charge in [0.1, 0.15) is 5.82 Å². The minimum absolute atomic E-state index is 0.148. The number of rotatable bonds is 2. The Labute approximate surface area is 94.1 Å². The van der Waals surface area contributed by atoms with Crippen LogP contribution in [0.5, 0.6) is 0 Å². The molecule has 0 unspecified atom stereocenters. The number of halogens is 3. The van der Waals surface area contributed by atoms with Gasteiger partial charge in [0.25, 0.3) is 0 Å². The van der Waals surface area contributed by atoms with Crippen molar-refractivity contribution >= 4 is 33.5 Å². The van der Waals surface area contributed by atoms with Gasteiger partial charge in [0.05, 0.1) is 12.7 Å². The summed E-state index contributed by atoms with van der Waals surface area (Å²) in [6.45, 7) is 0. The van der Waals surface area contributed by atoms with E-state index in [0.717, 1.165) is 6.07 Å². The summed E-state index contributed by atoms with van der Waals surface area (Å²) in [4.78, 5) is 11.2. The van der Waals surface area contributed by atoms with Crippen LogP contribution in [-0.2, 0) is 10.1 Å². The zero-order valence-electron chi connectivity index (χ0n) is 7.31. The maximum absolute atomic E-state index is 13.3. The van der Waals surface area contributed by atoms with Crippen LogP contribution in [-0.4, -0.2) is 13.1 Å². The maximum Gasteiger partial charge on any atom is 0.338 e. The van der Waals surface area contributed by atoms with E-state index in [1.807, 2.05) is 0 Å². The molecule has 0 fully saturated rings. The van der Waals surface area contributed by atoms with Crippen LogP contribution in [0.1, 0.15) is 15.9 Å². The summed E-state index contributed by atoms with van der Waals surface area (Å²) in [6, 6.07) is 2.54. The lowest BCUT2D eigenvalue weighted by atomic mass is 10.1. The van der Waals surface area contributed by atoms with Crippen LogP contribution in [0.3, 0.4) is 0 Å². The Bertz CT molecular complexity index is 368. The first-order chi connectivity index (χ1) is 6.60.